The number of nitro benzene ring substituents is 1. The monoisotopic (exact) mass is 351 g/mol. The number of carbonyl (C=O) groups excluding carboxylic acids is 1. The number of aryl methyl sites for hydroxylation is 1. The van der Waals surface area contributed by atoms with Crippen LogP contribution in [0.25, 0.3) is 0 Å². The van der Waals surface area contributed by atoms with Crippen LogP contribution in [-0.2, 0) is 7.05 Å². The van der Waals surface area contributed by atoms with Crippen LogP contribution in [0.15, 0.2) is 54.9 Å². The van der Waals surface area contributed by atoms with Crippen LogP contribution in [0.5, 0.6) is 0 Å². The zero-order valence-electron chi connectivity index (χ0n) is 14.3. The van der Waals surface area contributed by atoms with E-state index >= 15 is 0 Å². The van der Waals surface area contributed by atoms with E-state index in [1.807, 2.05) is 6.92 Å². The van der Waals surface area contributed by atoms with Gasteiger partial charge in [-0.25, -0.2) is 0 Å². The van der Waals surface area contributed by atoms with Crippen molar-refractivity contribution in [3.63, 3.8) is 0 Å². The van der Waals surface area contributed by atoms with E-state index in [-0.39, 0.29) is 23.1 Å². The fourth-order valence-corrected chi connectivity index (χ4v) is 2.68. The van der Waals surface area contributed by atoms with Crippen molar-refractivity contribution in [2.45, 2.75) is 13.0 Å². The van der Waals surface area contributed by atoms with Gasteiger partial charge < -0.3 is 9.88 Å². The third-order valence-corrected chi connectivity index (χ3v) is 4.00. The van der Waals surface area contributed by atoms with Crippen LogP contribution in [0.3, 0.4) is 0 Å². The number of ketones is 1. The van der Waals surface area contributed by atoms with Crippen LogP contribution in [0, 0.1) is 10.1 Å². The summed E-state index contributed by atoms with van der Waals surface area (Å²) < 4.78 is 1.73. The molecule has 132 valence electrons. The fourth-order valence-electron chi connectivity index (χ4n) is 2.68. The Bertz CT molecular complexity index is 952. The maximum Gasteiger partial charge on any atom is 0.293 e. The van der Waals surface area contributed by atoms with Crippen molar-refractivity contribution in [2.75, 3.05) is 5.32 Å². The van der Waals surface area contributed by atoms with Crippen molar-refractivity contribution in [1.29, 1.82) is 0 Å². The highest BCUT2D eigenvalue weighted by molar-refractivity contribution is 6.09. The number of carbonyl (C=O) groups is 1. The van der Waals surface area contributed by atoms with E-state index in [9.17, 15) is 14.9 Å². The number of nitrogens with one attached hydrogen (secondary N) is 1. The van der Waals surface area contributed by atoms with E-state index in [4.69, 9.17) is 0 Å². The lowest BCUT2D eigenvalue weighted by Gasteiger charge is -2.15. The van der Waals surface area contributed by atoms with Gasteiger partial charge in [0.15, 0.2) is 11.6 Å². The van der Waals surface area contributed by atoms with Crippen LogP contribution in [0.4, 0.5) is 11.4 Å². The normalized spacial score (nSPS) is 11.8. The molecule has 0 fully saturated rings. The van der Waals surface area contributed by atoms with E-state index in [0.717, 1.165) is 0 Å². The second kappa shape index (κ2) is 7.14. The molecule has 1 N–H and O–H groups in total. The number of nitro groups is 1. The zero-order chi connectivity index (χ0) is 18.7. The van der Waals surface area contributed by atoms with Crippen molar-refractivity contribution in [3.05, 3.63) is 81.9 Å². The number of hydrogen-bond acceptors (Lipinski definition) is 6. The average molecular weight is 351 g/mol. The lowest BCUT2D eigenvalue weighted by molar-refractivity contribution is -0.384. The first-order valence-corrected chi connectivity index (χ1v) is 7.96. The smallest absolute Gasteiger partial charge is 0.293 e. The van der Waals surface area contributed by atoms with E-state index in [1.54, 1.807) is 60.4 Å². The first-order chi connectivity index (χ1) is 12.5. The molecule has 8 heteroatoms. The summed E-state index contributed by atoms with van der Waals surface area (Å²) in [5.41, 5.74) is 0.894. The molecule has 0 bridgehead atoms. The Morgan fingerprint density at radius 2 is 1.92 bits per heavy atom. The highest BCUT2D eigenvalue weighted by Crippen LogP contribution is 2.29. The van der Waals surface area contributed by atoms with Gasteiger partial charge in [0, 0.05) is 24.2 Å². The van der Waals surface area contributed by atoms with Crippen molar-refractivity contribution in [1.82, 2.24) is 14.8 Å². The van der Waals surface area contributed by atoms with Crippen molar-refractivity contribution in [2.24, 2.45) is 7.05 Å². The number of rotatable bonds is 6. The van der Waals surface area contributed by atoms with Gasteiger partial charge in [-0.3, -0.25) is 14.9 Å². The summed E-state index contributed by atoms with van der Waals surface area (Å²) in [5, 5.41) is 22.4. The Morgan fingerprint density at radius 1 is 1.19 bits per heavy atom. The van der Waals surface area contributed by atoms with Gasteiger partial charge in [0.1, 0.15) is 12.0 Å². The van der Waals surface area contributed by atoms with Gasteiger partial charge in [-0.15, -0.1) is 10.2 Å². The van der Waals surface area contributed by atoms with Crippen molar-refractivity contribution in [3.8, 4) is 0 Å². The predicted molar refractivity (Wildman–Crippen MR) is 96.0 cm³/mol. The SMILES string of the molecule is C[C@@H](Nc1ccc(C(=O)c2ccccc2)cc1[N+](=O)[O-])c1nncn1C. The molecular weight excluding hydrogens is 334 g/mol. The second-order valence-corrected chi connectivity index (χ2v) is 5.85. The summed E-state index contributed by atoms with van der Waals surface area (Å²) in [6.45, 7) is 1.83. The highest BCUT2D eigenvalue weighted by Gasteiger charge is 2.21. The van der Waals surface area contributed by atoms with Crippen LogP contribution in [0.1, 0.15) is 34.7 Å². The minimum atomic E-state index is -0.506. The average Bonchev–Trinajstić information content (AvgIpc) is 3.08. The van der Waals surface area contributed by atoms with Crippen LogP contribution >= 0.6 is 0 Å². The van der Waals surface area contributed by atoms with E-state index in [2.05, 4.69) is 15.5 Å². The Kier molecular flexibility index (Phi) is 4.74. The summed E-state index contributed by atoms with van der Waals surface area (Å²) in [6.07, 6.45) is 1.56. The molecule has 0 unspecified atom stereocenters. The third kappa shape index (κ3) is 3.44. The lowest BCUT2D eigenvalue weighted by Crippen LogP contribution is -2.13. The molecule has 3 aromatic rings. The molecule has 2 aromatic carbocycles. The number of aromatic nitrogens is 3. The van der Waals surface area contributed by atoms with E-state index in [1.165, 1.54) is 6.07 Å². The number of hydrogen-bond donors (Lipinski definition) is 1. The molecule has 26 heavy (non-hydrogen) atoms. The van der Waals surface area contributed by atoms with Gasteiger partial charge in [-0.1, -0.05) is 30.3 Å². The molecule has 0 saturated heterocycles. The maximum atomic E-state index is 12.5. The first kappa shape index (κ1) is 17.3. The predicted octanol–water partition coefficient (Wildman–Crippen LogP) is 3.13. The number of benzene rings is 2. The van der Waals surface area contributed by atoms with Crippen LogP contribution in [0.2, 0.25) is 0 Å². The lowest BCUT2D eigenvalue weighted by atomic mass is 10.0. The minimum Gasteiger partial charge on any atom is -0.370 e. The summed E-state index contributed by atoms with van der Waals surface area (Å²) >= 11 is 0. The highest BCUT2D eigenvalue weighted by atomic mass is 16.6. The largest absolute Gasteiger partial charge is 0.370 e. The number of nitrogens with zero attached hydrogens (tertiary/aromatic N) is 4. The fraction of sp³-hybridized carbons (Fsp3) is 0.167. The van der Waals surface area contributed by atoms with Gasteiger partial charge in [0.05, 0.1) is 11.0 Å². The van der Waals surface area contributed by atoms with Crippen molar-refractivity contribution < 1.29 is 9.72 Å². The van der Waals surface area contributed by atoms with Gasteiger partial charge in [-0.2, -0.15) is 0 Å². The molecule has 0 amide bonds. The summed E-state index contributed by atoms with van der Waals surface area (Å²) in [6, 6.07) is 12.8. The van der Waals surface area contributed by atoms with Crippen molar-refractivity contribution >= 4 is 17.2 Å². The quantitative estimate of drug-likeness (QED) is 0.416. The van der Waals surface area contributed by atoms with Gasteiger partial charge in [0.2, 0.25) is 0 Å². The zero-order valence-corrected chi connectivity index (χ0v) is 14.3. The van der Waals surface area contributed by atoms with E-state index in [0.29, 0.717) is 17.1 Å². The molecule has 3 rings (SSSR count). The first-order valence-electron chi connectivity index (χ1n) is 7.96. The third-order valence-electron chi connectivity index (χ3n) is 4.00. The van der Waals surface area contributed by atoms with Crippen LogP contribution < -0.4 is 5.32 Å². The molecule has 0 aliphatic heterocycles. The van der Waals surface area contributed by atoms with Gasteiger partial charge >= 0.3 is 0 Å². The Labute approximate surface area is 149 Å². The molecule has 1 heterocycles. The molecule has 8 nitrogen and oxygen atoms in total. The molecule has 0 saturated carbocycles. The maximum absolute atomic E-state index is 12.5. The summed E-state index contributed by atoms with van der Waals surface area (Å²) in [7, 11) is 1.80. The summed E-state index contributed by atoms with van der Waals surface area (Å²) in [5.74, 6) is 0.380. The van der Waals surface area contributed by atoms with Gasteiger partial charge in [0.25, 0.3) is 5.69 Å². The van der Waals surface area contributed by atoms with Crippen LogP contribution in [-0.4, -0.2) is 25.5 Å². The molecule has 1 atom stereocenters. The topological polar surface area (TPSA) is 103 Å². The number of anilines is 1. The Balaban J connectivity index is 1.91. The molecular formula is C18H17N5O3. The van der Waals surface area contributed by atoms with Gasteiger partial charge in [-0.05, 0) is 19.1 Å². The summed E-state index contributed by atoms with van der Waals surface area (Å²) in [4.78, 5) is 23.5. The standard InChI is InChI=1S/C18H17N5O3/c1-12(18-21-19-11-22(18)2)20-15-9-8-14(10-16(15)23(25)26)17(24)13-6-4-3-5-7-13/h3-12,20H,1-2H3/t12-/m1/s1. The molecule has 0 aliphatic rings. The minimum absolute atomic E-state index is 0.166. The Hall–Kier alpha value is -3.55. The molecule has 0 radical (unpaired) electrons. The van der Waals surface area contributed by atoms with E-state index < -0.39 is 4.92 Å². The Morgan fingerprint density at radius 3 is 2.54 bits per heavy atom. The molecule has 0 aliphatic carbocycles. The molecule has 1 aromatic heterocycles. The second-order valence-electron chi connectivity index (χ2n) is 5.85. The molecule has 0 spiro atoms.